The van der Waals surface area contributed by atoms with Crippen molar-refractivity contribution in [2.45, 2.75) is 25.9 Å². The van der Waals surface area contributed by atoms with E-state index in [2.05, 4.69) is 16.0 Å². The van der Waals surface area contributed by atoms with Gasteiger partial charge in [-0.1, -0.05) is 0 Å². The molecule has 1 rings (SSSR count). The lowest BCUT2D eigenvalue weighted by Gasteiger charge is -2.14. The largest absolute Gasteiger partial charge is 0.480 e. The Morgan fingerprint density at radius 3 is 2.22 bits per heavy atom. The predicted octanol–water partition coefficient (Wildman–Crippen LogP) is 1.05. The molecule has 0 saturated heterocycles. The zero-order valence-electron chi connectivity index (χ0n) is 13.3. The smallest absolute Gasteiger partial charge is 0.328 e. The lowest BCUT2D eigenvalue weighted by atomic mass is 10.2. The van der Waals surface area contributed by atoms with Crippen molar-refractivity contribution in [2.75, 3.05) is 19.0 Å². The molecule has 126 valence electrons. The van der Waals surface area contributed by atoms with Crippen molar-refractivity contribution in [3.8, 4) is 0 Å². The standard InChI is InChI=1S/C15H21N3O5/c1-9(2)16-15(22)17-11-6-4-10(5-7-11)13(19)18-12(8-23-3)14(20)21/h4-7,9,12H,8H2,1-3H3,(H,18,19)(H,20,21)(H2,16,17,22). The number of carbonyl (C=O) groups excluding carboxylic acids is 2. The van der Waals surface area contributed by atoms with Crippen LogP contribution in [0.15, 0.2) is 24.3 Å². The number of amides is 3. The third-order valence-corrected chi connectivity index (χ3v) is 2.76. The van der Waals surface area contributed by atoms with Gasteiger partial charge in [-0.15, -0.1) is 0 Å². The highest BCUT2D eigenvalue weighted by molar-refractivity contribution is 5.97. The quantitative estimate of drug-likeness (QED) is 0.598. The Hall–Kier alpha value is -2.61. The molecule has 1 atom stereocenters. The number of aliphatic carboxylic acids is 1. The molecule has 0 aromatic heterocycles. The molecule has 0 heterocycles. The number of hydrogen-bond acceptors (Lipinski definition) is 4. The Morgan fingerprint density at radius 1 is 1.13 bits per heavy atom. The normalized spacial score (nSPS) is 11.7. The first-order chi connectivity index (χ1) is 10.8. The number of carboxylic acids is 1. The fourth-order valence-corrected chi connectivity index (χ4v) is 1.72. The number of methoxy groups -OCH3 is 1. The number of rotatable bonds is 7. The fraction of sp³-hybridized carbons (Fsp3) is 0.400. The zero-order valence-corrected chi connectivity index (χ0v) is 13.3. The van der Waals surface area contributed by atoms with Crippen molar-refractivity contribution in [1.82, 2.24) is 10.6 Å². The number of ether oxygens (including phenoxy) is 1. The molecule has 1 aromatic carbocycles. The molecule has 0 aliphatic heterocycles. The van der Waals surface area contributed by atoms with E-state index >= 15 is 0 Å². The molecule has 8 nitrogen and oxygen atoms in total. The summed E-state index contributed by atoms with van der Waals surface area (Å²) < 4.78 is 4.75. The van der Waals surface area contributed by atoms with Gasteiger partial charge in [-0.3, -0.25) is 4.79 Å². The SMILES string of the molecule is COCC(NC(=O)c1ccc(NC(=O)NC(C)C)cc1)C(=O)O. The lowest BCUT2D eigenvalue weighted by molar-refractivity contribution is -0.140. The molecule has 1 unspecified atom stereocenters. The van der Waals surface area contributed by atoms with Crippen molar-refractivity contribution < 1.29 is 24.2 Å². The van der Waals surface area contributed by atoms with Gasteiger partial charge in [0.1, 0.15) is 0 Å². The number of anilines is 1. The van der Waals surface area contributed by atoms with Gasteiger partial charge in [0, 0.05) is 24.4 Å². The van der Waals surface area contributed by atoms with Crippen LogP contribution in [-0.2, 0) is 9.53 Å². The van der Waals surface area contributed by atoms with Crippen LogP contribution in [0.1, 0.15) is 24.2 Å². The second-order valence-electron chi connectivity index (χ2n) is 5.15. The molecule has 0 aliphatic rings. The van der Waals surface area contributed by atoms with Gasteiger partial charge in [0.2, 0.25) is 0 Å². The zero-order chi connectivity index (χ0) is 17.4. The van der Waals surface area contributed by atoms with Crippen LogP contribution >= 0.6 is 0 Å². The maximum Gasteiger partial charge on any atom is 0.328 e. The van der Waals surface area contributed by atoms with E-state index in [1.54, 1.807) is 12.1 Å². The van der Waals surface area contributed by atoms with Crippen LogP contribution in [0.4, 0.5) is 10.5 Å². The Labute approximate surface area is 134 Å². The maximum atomic E-state index is 12.0. The molecule has 4 N–H and O–H groups in total. The lowest BCUT2D eigenvalue weighted by Crippen LogP contribution is -2.43. The summed E-state index contributed by atoms with van der Waals surface area (Å²) in [4.78, 5) is 34.5. The second-order valence-corrected chi connectivity index (χ2v) is 5.15. The molecule has 3 amide bonds. The Kier molecular flexibility index (Phi) is 7.01. The van der Waals surface area contributed by atoms with E-state index in [4.69, 9.17) is 9.84 Å². The van der Waals surface area contributed by atoms with Crippen LogP contribution in [0.5, 0.6) is 0 Å². The second kappa shape index (κ2) is 8.74. The Morgan fingerprint density at radius 2 is 1.74 bits per heavy atom. The van der Waals surface area contributed by atoms with Gasteiger partial charge in [-0.2, -0.15) is 0 Å². The molecule has 0 saturated carbocycles. The highest BCUT2D eigenvalue weighted by Gasteiger charge is 2.20. The molecule has 0 fully saturated rings. The third kappa shape index (κ3) is 6.35. The van der Waals surface area contributed by atoms with E-state index in [1.165, 1.54) is 19.2 Å². The van der Waals surface area contributed by atoms with Crippen molar-refractivity contribution >= 4 is 23.6 Å². The number of carbonyl (C=O) groups is 3. The number of hydrogen-bond donors (Lipinski definition) is 4. The molecule has 0 spiro atoms. The summed E-state index contributed by atoms with van der Waals surface area (Å²) in [6.45, 7) is 3.55. The van der Waals surface area contributed by atoms with E-state index in [1.807, 2.05) is 13.8 Å². The van der Waals surface area contributed by atoms with Crippen LogP contribution in [0, 0.1) is 0 Å². The van der Waals surface area contributed by atoms with Gasteiger partial charge >= 0.3 is 12.0 Å². The van der Waals surface area contributed by atoms with E-state index < -0.39 is 17.9 Å². The summed E-state index contributed by atoms with van der Waals surface area (Å²) in [6.07, 6.45) is 0. The van der Waals surface area contributed by atoms with E-state index in [-0.39, 0.29) is 24.2 Å². The molecular weight excluding hydrogens is 302 g/mol. The monoisotopic (exact) mass is 323 g/mol. The van der Waals surface area contributed by atoms with Gasteiger partial charge < -0.3 is 25.8 Å². The summed E-state index contributed by atoms with van der Waals surface area (Å²) in [7, 11) is 1.35. The minimum absolute atomic E-state index is 0.00814. The number of nitrogens with one attached hydrogen (secondary N) is 3. The molecule has 1 aromatic rings. The first-order valence-electron chi connectivity index (χ1n) is 7.03. The first-order valence-corrected chi connectivity index (χ1v) is 7.03. The average Bonchev–Trinajstić information content (AvgIpc) is 2.46. The van der Waals surface area contributed by atoms with Crippen LogP contribution < -0.4 is 16.0 Å². The summed E-state index contributed by atoms with van der Waals surface area (Å²) >= 11 is 0. The minimum Gasteiger partial charge on any atom is -0.480 e. The molecule has 0 radical (unpaired) electrons. The highest BCUT2D eigenvalue weighted by Crippen LogP contribution is 2.10. The van der Waals surface area contributed by atoms with Gasteiger partial charge in [0.15, 0.2) is 6.04 Å². The van der Waals surface area contributed by atoms with Crippen LogP contribution in [0.25, 0.3) is 0 Å². The molecule has 23 heavy (non-hydrogen) atoms. The molecule has 0 aliphatic carbocycles. The highest BCUT2D eigenvalue weighted by atomic mass is 16.5. The van der Waals surface area contributed by atoms with Crippen molar-refractivity contribution in [1.29, 1.82) is 0 Å². The van der Waals surface area contributed by atoms with Crippen molar-refractivity contribution in [3.63, 3.8) is 0 Å². The number of carboxylic acid groups (broad SMARTS) is 1. The topological polar surface area (TPSA) is 117 Å². The number of benzene rings is 1. The van der Waals surface area contributed by atoms with E-state index in [0.29, 0.717) is 5.69 Å². The van der Waals surface area contributed by atoms with Gasteiger partial charge in [-0.05, 0) is 38.1 Å². The Bertz CT molecular complexity index is 557. The first kappa shape index (κ1) is 18.4. The number of urea groups is 1. The molecule has 8 heteroatoms. The predicted molar refractivity (Wildman–Crippen MR) is 84.5 cm³/mol. The summed E-state index contributed by atoms with van der Waals surface area (Å²) in [5.41, 5.74) is 0.800. The van der Waals surface area contributed by atoms with Crippen molar-refractivity contribution in [2.24, 2.45) is 0 Å². The maximum absolute atomic E-state index is 12.0. The van der Waals surface area contributed by atoms with Crippen molar-refractivity contribution in [3.05, 3.63) is 29.8 Å². The van der Waals surface area contributed by atoms with E-state index in [0.717, 1.165) is 0 Å². The molecular formula is C15H21N3O5. The third-order valence-electron chi connectivity index (χ3n) is 2.76. The summed E-state index contributed by atoms with van der Waals surface area (Å²) in [5.74, 6) is -1.71. The molecule has 0 bridgehead atoms. The van der Waals surface area contributed by atoms with Crippen LogP contribution in [-0.4, -0.2) is 48.8 Å². The van der Waals surface area contributed by atoms with Crippen LogP contribution in [0.3, 0.4) is 0 Å². The summed E-state index contributed by atoms with van der Waals surface area (Å²) in [5, 5.41) is 16.6. The fourth-order valence-electron chi connectivity index (χ4n) is 1.72. The minimum atomic E-state index is -1.18. The van der Waals surface area contributed by atoms with Gasteiger partial charge in [-0.25, -0.2) is 9.59 Å². The van der Waals surface area contributed by atoms with Crippen LogP contribution in [0.2, 0.25) is 0 Å². The Balaban J connectivity index is 2.66. The van der Waals surface area contributed by atoms with Gasteiger partial charge in [0.05, 0.1) is 6.61 Å². The van der Waals surface area contributed by atoms with E-state index in [9.17, 15) is 14.4 Å². The van der Waals surface area contributed by atoms with Gasteiger partial charge in [0.25, 0.3) is 5.91 Å². The summed E-state index contributed by atoms with van der Waals surface area (Å²) in [6, 6.07) is 4.64. The average molecular weight is 323 g/mol.